The summed E-state index contributed by atoms with van der Waals surface area (Å²) in [6, 6.07) is 16.9. The summed E-state index contributed by atoms with van der Waals surface area (Å²) in [4.78, 5) is 31.8. The predicted molar refractivity (Wildman–Crippen MR) is 103 cm³/mol. The number of rotatable bonds is 4. The molecule has 0 atom stereocenters. The van der Waals surface area contributed by atoms with Gasteiger partial charge in [-0.05, 0) is 37.1 Å². The third-order valence-corrected chi connectivity index (χ3v) is 4.52. The van der Waals surface area contributed by atoms with E-state index in [4.69, 9.17) is 4.84 Å². The monoisotopic (exact) mass is 362 g/mol. The maximum Gasteiger partial charge on any atom is 0.302 e. The van der Waals surface area contributed by atoms with E-state index in [1.54, 1.807) is 24.0 Å². The number of oxime groups is 1. The highest BCUT2D eigenvalue weighted by Crippen LogP contribution is 2.27. The van der Waals surface area contributed by atoms with E-state index in [2.05, 4.69) is 10.3 Å². The van der Waals surface area contributed by atoms with Crippen molar-refractivity contribution in [1.82, 2.24) is 0 Å². The quantitative estimate of drug-likeness (QED) is 0.784. The molecule has 2 aromatic rings. The van der Waals surface area contributed by atoms with Gasteiger partial charge >= 0.3 is 5.91 Å². The minimum Gasteiger partial charge on any atom is -0.385 e. The SMILES string of the molecule is CC1=NN(c2ccccc2)C(=O)/C1=N/OCC(=O)N1CCc2ccccc21. The average Bonchev–Trinajstić information content (AvgIpc) is 3.24. The molecular formula is C20H18N4O3. The summed E-state index contributed by atoms with van der Waals surface area (Å²) in [5.74, 6) is -0.568. The Labute approximate surface area is 156 Å². The summed E-state index contributed by atoms with van der Waals surface area (Å²) >= 11 is 0. The molecule has 0 aromatic heterocycles. The van der Waals surface area contributed by atoms with E-state index in [1.165, 1.54) is 5.01 Å². The van der Waals surface area contributed by atoms with E-state index in [0.29, 0.717) is 17.9 Å². The fourth-order valence-corrected chi connectivity index (χ4v) is 3.17. The van der Waals surface area contributed by atoms with Gasteiger partial charge in [-0.2, -0.15) is 10.1 Å². The number of amides is 2. The Bertz CT molecular complexity index is 953. The van der Waals surface area contributed by atoms with Gasteiger partial charge in [0, 0.05) is 12.2 Å². The van der Waals surface area contributed by atoms with Crippen molar-refractivity contribution < 1.29 is 14.4 Å². The smallest absolute Gasteiger partial charge is 0.302 e. The molecule has 0 radical (unpaired) electrons. The number of fused-ring (bicyclic) bond motifs is 1. The van der Waals surface area contributed by atoms with Crippen LogP contribution in [0.15, 0.2) is 64.9 Å². The zero-order chi connectivity index (χ0) is 18.8. The van der Waals surface area contributed by atoms with Gasteiger partial charge in [0.25, 0.3) is 5.91 Å². The molecule has 0 bridgehead atoms. The molecule has 4 rings (SSSR count). The van der Waals surface area contributed by atoms with Crippen molar-refractivity contribution >= 4 is 34.6 Å². The van der Waals surface area contributed by atoms with Crippen LogP contribution in [0, 0.1) is 0 Å². The first-order valence-corrected chi connectivity index (χ1v) is 8.68. The highest BCUT2D eigenvalue weighted by Gasteiger charge is 2.31. The Morgan fingerprint density at radius 2 is 1.89 bits per heavy atom. The lowest BCUT2D eigenvalue weighted by Crippen LogP contribution is -2.32. The molecule has 136 valence electrons. The van der Waals surface area contributed by atoms with Gasteiger partial charge in [0.15, 0.2) is 12.3 Å². The molecule has 0 N–H and O–H groups in total. The van der Waals surface area contributed by atoms with E-state index in [0.717, 1.165) is 17.7 Å². The molecule has 0 spiro atoms. The molecule has 27 heavy (non-hydrogen) atoms. The molecule has 0 saturated heterocycles. The van der Waals surface area contributed by atoms with E-state index in [9.17, 15) is 9.59 Å². The van der Waals surface area contributed by atoms with Crippen molar-refractivity contribution in [3.05, 3.63) is 60.2 Å². The van der Waals surface area contributed by atoms with Gasteiger partial charge in [-0.25, -0.2) is 0 Å². The number of hydrogen-bond donors (Lipinski definition) is 0. The van der Waals surface area contributed by atoms with Crippen LogP contribution in [-0.4, -0.2) is 36.4 Å². The van der Waals surface area contributed by atoms with Gasteiger partial charge in [0.1, 0.15) is 0 Å². The zero-order valence-electron chi connectivity index (χ0n) is 14.8. The van der Waals surface area contributed by atoms with E-state index >= 15 is 0 Å². The first-order chi connectivity index (χ1) is 13.1. The van der Waals surface area contributed by atoms with E-state index in [1.807, 2.05) is 42.5 Å². The largest absolute Gasteiger partial charge is 0.385 e. The van der Waals surface area contributed by atoms with Crippen molar-refractivity contribution in [2.75, 3.05) is 23.1 Å². The van der Waals surface area contributed by atoms with Crippen LogP contribution < -0.4 is 9.91 Å². The van der Waals surface area contributed by atoms with Crippen LogP contribution in [0.25, 0.3) is 0 Å². The molecule has 2 aliphatic heterocycles. The molecule has 2 aromatic carbocycles. The Kier molecular flexibility index (Phi) is 4.42. The summed E-state index contributed by atoms with van der Waals surface area (Å²) in [6.07, 6.45) is 0.826. The number of nitrogens with zero attached hydrogens (tertiary/aromatic N) is 4. The Balaban J connectivity index is 1.41. The highest BCUT2D eigenvalue weighted by molar-refractivity contribution is 6.71. The number of hydrogen-bond acceptors (Lipinski definition) is 5. The van der Waals surface area contributed by atoms with Crippen LogP contribution in [0.1, 0.15) is 12.5 Å². The third kappa shape index (κ3) is 3.19. The third-order valence-electron chi connectivity index (χ3n) is 4.52. The molecule has 0 fully saturated rings. The number of benzene rings is 2. The second-order valence-corrected chi connectivity index (χ2v) is 6.28. The standard InChI is InChI=1S/C20H18N4O3/c1-14-19(20(26)24(21-14)16-8-3-2-4-9-16)22-27-13-18(25)23-12-11-15-7-5-6-10-17(15)23/h2-10H,11-13H2,1H3/b22-19+. The first kappa shape index (κ1) is 17.0. The van der Waals surface area contributed by atoms with Crippen LogP contribution in [0.4, 0.5) is 11.4 Å². The Morgan fingerprint density at radius 3 is 2.70 bits per heavy atom. The van der Waals surface area contributed by atoms with Crippen LogP contribution in [0.3, 0.4) is 0 Å². The van der Waals surface area contributed by atoms with Crippen molar-refractivity contribution in [2.24, 2.45) is 10.3 Å². The van der Waals surface area contributed by atoms with Crippen LogP contribution >= 0.6 is 0 Å². The Morgan fingerprint density at radius 1 is 1.15 bits per heavy atom. The molecule has 7 heteroatoms. The molecule has 0 saturated carbocycles. The summed E-state index contributed by atoms with van der Waals surface area (Å²) in [6.45, 7) is 2.07. The number of para-hydroxylation sites is 2. The van der Waals surface area contributed by atoms with Gasteiger partial charge in [0.2, 0.25) is 0 Å². The number of anilines is 2. The second-order valence-electron chi connectivity index (χ2n) is 6.28. The van der Waals surface area contributed by atoms with Crippen molar-refractivity contribution in [2.45, 2.75) is 13.3 Å². The topological polar surface area (TPSA) is 74.6 Å². The second kappa shape index (κ2) is 7.03. The van der Waals surface area contributed by atoms with Crippen molar-refractivity contribution in [1.29, 1.82) is 0 Å². The zero-order valence-corrected chi connectivity index (χ0v) is 14.8. The Hall–Kier alpha value is -3.48. The normalized spacial score (nSPS) is 17.3. The lowest BCUT2D eigenvalue weighted by Gasteiger charge is -2.16. The molecule has 0 aliphatic carbocycles. The molecule has 7 nitrogen and oxygen atoms in total. The summed E-state index contributed by atoms with van der Waals surface area (Å²) in [5, 5.41) is 9.37. The number of carbonyl (C=O) groups excluding carboxylic acids is 2. The fraction of sp³-hybridized carbons (Fsp3) is 0.200. The minimum absolute atomic E-state index is 0.105. The van der Waals surface area contributed by atoms with E-state index in [-0.39, 0.29) is 24.1 Å². The molecule has 2 amide bonds. The fourth-order valence-electron chi connectivity index (χ4n) is 3.17. The van der Waals surface area contributed by atoms with Crippen molar-refractivity contribution in [3.8, 4) is 0 Å². The van der Waals surface area contributed by atoms with Gasteiger partial charge in [-0.3, -0.25) is 9.59 Å². The predicted octanol–water partition coefficient (Wildman–Crippen LogP) is 2.37. The average molecular weight is 362 g/mol. The van der Waals surface area contributed by atoms with Gasteiger partial charge in [-0.1, -0.05) is 41.6 Å². The van der Waals surface area contributed by atoms with Crippen molar-refractivity contribution in [3.63, 3.8) is 0 Å². The molecule has 0 unspecified atom stereocenters. The van der Waals surface area contributed by atoms with Crippen LogP contribution in [-0.2, 0) is 20.8 Å². The van der Waals surface area contributed by atoms with Gasteiger partial charge < -0.3 is 9.74 Å². The van der Waals surface area contributed by atoms with Gasteiger partial charge in [0.05, 0.1) is 11.4 Å². The lowest BCUT2D eigenvalue weighted by molar-refractivity contribution is -0.123. The highest BCUT2D eigenvalue weighted by atomic mass is 16.6. The number of carbonyl (C=O) groups is 2. The van der Waals surface area contributed by atoms with Gasteiger partial charge in [-0.15, -0.1) is 0 Å². The summed E-state index contributed by atoms with van der Waals surface area (Å²) < 4.78 is 0. The number of hydrazone groups is 1. The molecule has 2 heterocycles. The van der Waals surface area contributed by atoms with Crippen LogP contribution in [0.2, 0.25) is 0 Å². The maximum atomic E-state index is 12.5. The van der Waals surface area contributed by atoms with E-state index < -0.39 is 0 Å². The molecule has 2 aliphatic rings. The molecular weight excluding hydrogens is 344 g/mol. The lowest BCUT2D eigenvalue weighted by atomic mass is 10.2. The minimum atomic E-state index is -0.377. The summed E-state index contributed by atoms with van der Waals surface area (Å²) in [7, 11) is 0. The maximum absolute atomic E-state index is 12.5. The first-order valence-electron chi connectivity index (χ1n) is 8.68. The summed E-state index contributed by atoms with van der Waals surface area (Å²) in [5.41, 5.74) is 3.25. The van der Waals surface area contributed by atoms with Crippen LogP contribution in [0.5, 0.6) is 0 Å².